The fourth-order valence-corrected chi connectivity index (χ4v) is 2.12. The van der Waals surface area contributed by atoms with Crippen molar-refractivity contribution >= 4 is 17.0 Å². The van der Waals surface area contributed by atoms with E-state index < -0.39 is 0 Å². The zero-order valence-corrected chi connectivity index (χ0v) is 9.68. The van der Waals surface area contributed by atoms with Crippen molar-refractivity contribution < 1.29 is 4.74 Å². The molecule has 6 heteroatoms. The minimum atomic E-state index is 0.400. The molecule has 1 fully saturated rings. The first-order chi connectivity index (χ1) is 8.36. The van der Waals surface area contributed by atoms with Gasteiger partial charge in [-0.1, -0.05) is 0 Å². The number of nitrogens with zero attached hydrogens (tertiary/aromatic N) is 3. The molecule has 2 aromatic heterocycles. The molecule has 1 aliphatic carbocycles. The monoisotopic (exact) mass is 233 g/mol. The number of hydrogen-bond acceptors (Lipinski definition) is 5. The Labute approximate surface area is 98.8 Å². The van der Waals surface area contributed by atoms with Crippen LogP contribution in [0.15, 0.2) is 12.7 Å². The van der Waals surface area contributed by atoms with Crippen molar-refractivity contribution in [3.8, 4) is 0 Å². The second-order valence-electron chi connectivity index (χ2n) is 4.21. The number of hydrogen-bond donors (Lipinski definition) is 2. The molecule has 3 rings (SSSR count). The number of anilines is 1. The molecule has 0 saturated heterocycles. The van der Waals surface area contributed by atoms with Crippen molar-refractivity contribution in [3.63, 3.8) is 0 Å². The SMILES string of the molecule is CCOC1CC(Nc2ncnc3nc[nH]c23)C1. The van der Waals surface area contributed by atoms with Crippen LogP contribution < -0.4 is 5.32 Å². The third-order valence-corrected chi connectivity index (χ3v) is 3.06. The van der Waals surface area contributed by atoms with Gasteiger partial charge in [0.15, 0.2) is 11.5 Å². The van der Waals surface area contributed by atoms with Crippen LogP contribution in [0.3, 0.4) is 0 Å². The first kappa shape index (κ1) is 10.5. The number of fused-ring (bicyclic) bond motifs is 1. The summed E-state index contributed by atoms with van der Waals surface area (Å²) in [6.07, 6.45) is 5.64. The van der Waals surface area contributed by atoms with Gasteiger partial charge in [-0.3, -0.25) is 0 Å². The highest BCUT2D eigenvalue weighted by atomic mass is 16.5. The van der Waals surface area contributed by atoms with Gasteiger partial charge < -0.3 is 15.0 Å². The third kappa shape index (κ3) is 1.95. The molecule has 1 saturated carbocycles. The number of rotatable bonds is 4. The van der Waals surface area contributed by atoms with Crippen molar-refractivity contribution in [3.05, 3.63) is 12.7 Å². The molecule has 0 spiro atoms. The second-order valence-corrected chi connectivity index (χ2v) is 4.21. The van der Waals surface area contributed by atoms with Gasteiger partial charge in [-0.2, -0.15) is 0 Å². The number of aromatic amines is 1. The lowest BCUT2D eigenvalue weighted by Gasteiger charge is -2.35. The van der Waals surface area contributed by atoms with Crippen LogP contribution in [-0.4, -0.2) is 38.7 Å². The average molecular weight is 233 g/mol. The summed E-state index contributed by atoms with van der Waals surface area (Å²) in [5.41, 5.74) is 1.57. The predicted octanol–water partition coefficient (Wildman–Crippen LogP) is 1.33. The van der Waals surface area contributed by atoms with E-state index in [9.17, 15) is 0 Å². The normalized spacial score (nSPS) is 23.6. The van der Waals surface area contributed by atoms with Gasteiger partial charge >= 0.3 is 0 Å². The van der Waals surface area contributed by atoms with Gasteiger partial charge in [0.25, 0.3) is 0 Å². The Bertz CT molecular complexity index is 505. The van der Waals surface area contributed by atoms with Crippen molar-refractivity contribution in [1.82, 2.24) is 19.9 Å². The van der Waals surface area contributed by atoms with Crippen LogP contribution in [0.4, 0.5) is 5.82 Å². The molecule has 17 heavy (non-hydrogen) atoms. The van der Waals surface area contributed by atoms with E-state index >= 15 is 0 Å². The predicted molar refractivity (Wildman–Crippen MR) is 63.7 cm³/mol. The Balaban J connectivity index is 1.68. The Hall–Kier alpha value is -1.69. The molecule has 0 atom stereocenters. The lowest BCUT2D eigenvalue weighted by atomic mass is 9.89. The van der Waals surface area contributed by atoms with E-state index in [0.717, 1.165) is 30.8 Å². The standard InChI is InChI=1S/C11H15N5O/c1-2-17-8-3-7(4-8)16-11-9-10(13-5-12-9)14-6-15-11/h5-8H,2-4H2,1H3,(H2,12,13,14,15,16). The number of nitrogens with one attached hydrogen (secondary N) is 2. The van der Waals surface area contributed by atoms with E-state index in [1.165, 1.54) is 6.33 Å². The number of ether oxygens (including phenoxy) is 1. The molecular formula is C11H15N5O. The van der Waals surface area contributed by atoms with Crippen molar-refractivity contribution in [2.75, 3.05) is 11.9 Å². The molecule has 6 nitrogen and oxygen atoms in total. The van der Waals surface area contributed by atoms with Gasteiger partial charge in [-0.05, 0) is 19.8 Å². The van der Waals surface area contributed by atoms with Crippen LogP contribution in [0.25, 0.3) is 11.2 Å². The highest BCUT2D eigenvalue weighted by molar-refractivity contribution is 5.82. The summed E-state index contributed by atoms with van der Waals surface area (Å²) < 4.78 is 5.53. The van der Waals surface area contributed by atoms with E-state index in [2.05, 4.69) is 25.3 Å². The summed E-state index contributed by atoms with van der Waals surface area (Å²) in [5, 5.41) is 3.39. The summed E-state index contributed by atoms with van der Waals surface area (Å²) in [6.45, 7) is 2.81. The minimum Gasteiger partial charge on any atom is -0.378 e. The summed E-state index contributed by atoms with van der Waals surface area (Å²) >= 11 is 0. The Morgan fingerprint density at radius 3 is 3.12 bits per heavy atom. The van der Waals surface area contributed by atoms with Crippen LogP contribution >= 0.6 is 0 Å². The quantitative estimate of drug-likeness (QED) is 0.833. The van der Waals surface area contributed by atoms with E-state index in [1.54, 1.807) is 6.33 Å². The minimum absolute atomic E-state index is 0.400. The molecule has 90 valence electrons. The lowest BCUT2D eigenvalue weighted by molar-refractivity contribution is 0.00295. The first-order valence-corrected chi connectivity index (χ1v) is 5.89. The van der Waals surface area contributed by atoms with Crippen molar-refractivity contribution in [2.24, 2.45) is 0 Å². The number of imidazole rings is 1. The van der Waals surface area contributed by atoms with Gasteiger partial charge in [-0.25, -0.2) is 15.0 Å². The van der Waals surface area contributed by atoms with Crippen molar-refractivity contribution in [2.45, 2.75) is 31.9 Å². The summed E-state index contributed by atoms with van der Waals surface area (Å²) in [7, 11) is 0. The van der Waals surface area contributed by atoms with Gasteiger partial charge in [0.1, 0.15) is 11.8 Å². The molecule has 2 N–H and O–H groups in total. The molecule has 0 aromatic carbocycles. The first-order valence-electron chi connectivity index (χ1n) is 5.89. The fraction of sp³-hybridized carbons (Fsp3) is 0.545. The van der Waals surface area contributed by atoms with Crippen LogP contribution in [0, 0.1) is 0 Å². The highest BCUT2D eigenvalue weighted by Crippen LogP contribution is 2.27. The van der Waals surface area contributed by atoms with Crippen molar-refractivity contribution in [1.29, 1.82) is 0 Å². The molecule has 2 aromatic rings. The maximum absolute atomic E-state index is 5.53. The summed E-state index contributed by atoms with van der Waals surface area (Å²) in [5.74, 6) is 0.826. The molecule has 1 aliphatic rings. The van der Waals surface area contributed by atoms with Crippen LogP contribution in [0.1, 0.15) is 19.8 Å². The van der Waals surface area contributed by atoms with E-state index in [4.69, 9.17) is 4.74 Å². The Morgan fingerprint density at radius 2 is 2.29 bits per heavy atom. The second kappa shape index (κ2) is 4.29. The maximum atomic E-state index is 5.53. The number of H-pyrrole nitrogens is 1. The summed E-state index contributed by atoms with van der Waals surface area (Å²) in [6, 6.07) is 0.438. The van der Waals surface area contributed by atoms with Gasteiger partial charge in [0.05, 0.1) is 12.4 Å². The van der Waals surface area contributed by atoms with Gasteiger partial charge in [0.2, 0.25) is 0 Å². The van der Waals surface area contributed by atoms with Gasteiger partial charge in [-0.15, -0.1) is 0 Å². The largest absolute Gasteiger partial charge is 0.378 e. The third-order valence-electron chi connectivity index (χ3n) is 3.06. The Kier molecular flexibility index (Phi) is 2.64. The smallest absolute Gasteiger partial charge is 0.182 e. The molecule has 0 unspecified atom stereocenters. The molecule has 0 aliphatic heterocycles. The molecule has 0 amide bonds. The fourth-order valence-electron chi connectivity index (χ4n) is 2.12. The molecular weight excluding hydrogens is 218 g/mol. The number of aromatic nitrogens is 4. The Morgan fingerprint density at radius 1 is 1.41 bits per heavy atom. The van der Waals surface area contributed by atoms with E-state index in [1.807, 2.05) is 6.92 Å². The molecule has 2 heterocycles. The zero-order valence-electron chi connectivity index (χ0n) is 9.68. The van der Waals surface area contributed by atoms with E-state index in [-0.39, 0.29) is 0 Å². The lowest BCUT2D eigenvalue weighted by Crippen LogP contribution is -2.41. The van der Waals surface area contributed by atoms with E-state index in [0.29, 0.717) is 17.8 Å². The van der Waals surface area contributed by atoms with Crippen LogP contribution in [0.5, 0.6) is 0 Å². The molecule has 0 radical (unpaired) electrons. The maximum Gasteiger partial charge on any atom is 0.182 e. The van der Waals surface area contributed by atoms with Crippen LogP contribution in [0.2, 0.25) is 0 Å². The van der Waals surface area contributed by atoms with Crippen LogP contribution in [-0.2, 0) is 4.74 Å². The zero-order chi connectivity index (χ0) is 11.7. The molecule has 0 bridgehead atoms. The highest BCUT2D eigenvalue weighted by Gasteiger charge is 2.30. The average Bonchev–Trinajstić information content (AvgIpc) is 2.75. The van der Waals surface area contributed by atoms with Gasteiger partial charge in [0, 0.05) is 12.6 Å². The topological polar surface area (TPSA) is 75.7 Å². The summed E-state index contributed by atoms with van der Waals surface area (Å²) in [4.78, 5) is 15.5.